The van der Waals surface area contributed by atoms with Crippen LogP contribution in [-0.4, -0.2) is 31.8 Å². The van der Waals surface area contributed by atoms with Gasteiger partial charge in [-0.1, -0.05) is 6.92 Å². The Morgan fingerprint density at radius 1 is 1.26 bits per heavy atom. The summed E-state index contributed by atoms with van der Waals surface area (Å²) in [6.45, 7) is 2.96. The van der Waals surface area contributed by atoms with E-state index in [0.717, 1.165) is 6.42 Å². The second kappa shape index (κ2) is 7.26. The number of fused-ring (bicyclic) bond motifs is 1. The average molecular weight is 322 g/mol. The summed E-state index contributed by atoms with van der Waals surface area (Å²) in [6.07, 6.45) is 3.86. The molecule has 0 aliphatic rings. The topological polar surface area (TPSA) is 88.1 Å². The Balaban J connectivity index is 2.32. The molecular formula is C15H22N4O4. The fourth-order valence-corrected chi connectivity index (χ4v) is 2.57. The Morgan fingerprint density at radius 2 is 2.00 bits per heavy atom. The van der Waals surface area contributed by atoms with E-state index in [1.165, 1.54) is 16.2 Å². The number of nitrogens with zero attached hydrogens (tertiary/aromatic N) is 4. The van der Waals surface area contributed by atoms with Crippen molar-refractivity contribution in [2.24, 2.45) is 7.05 Å². The molecule has 0 fully saturated rings. The minimum absolute atomic E-state index is 0.274. The van der Waals surface area contributed by atoms with Gasteiger partial charge in [0.1, 0.15) is 0 Å². The Kier molecular flexibility index (Phi) is 5.36. The van der Waals surface area contributed by atoms with Crippen molar-refractivity contribution in [3.05, 3.63) is 27.2 Å². The highest BCUT2D eigenvalue weighted by Gasteiger charge is 2.15. The summed E-state index contributed by atoms with van der Waals surface area (Å²) in [5.74, 6) is -0.290. The minimum atomic E-state index is -0.387. The molecule has 0 aromatic carbocycles. The van der Waals surface area contributed by atoms with Crippen molar-refractivity contribution in [2.75, 3.05) is 7.11 Å². The first-order chi connectivity index (χ1) is 11.0. The highest BCUT2D eigenvalue weighted by atomic mass is 16.5. The van der Waals surface area contributed by atoms with Crippen LogP contribution >= 0.6 is 0 Å². The maximum absolute atomic E-state index is 12.6. The van der Waals surface area contributed by atoms with E-state index in [0.29, 0.717) is 30.6 Å². The molecular weight excluding hydrogens is 300 g/mol. The van der Waals surface area contributed by atoms with Crippen LogP contribution in [0.1, 0.15) is 32.6 Å². The van der Waals surface area contributed by atoms with Crippen LogP contribution in [0.3, 0.4) is 0 Å². The lowest BCUT2D eigenvalue weighted by Crippen LogP contribution is -2.39. The zero-order valence-electron chi connectivity index (χ0n) is 13.7. The number of rotatable bonds is 7. The molecule has 0 aliphatic carbocycles. The monoisotopic (exact) mass is 322 g/mol. The standard InChI is InChI=1S/C15H22N4O4/c1-4-8-18-10-16-13-12(18)14(21)19(15(22)17(13)2)9-6-5-7-11(20)23-3/h10H,4-9H2,1-3H3. The maximum Gasteiger partial charge on any atom is 0.332 e. The summed E-state index contributed by atoms with van der Waals surface area (Å²) in [6, 6.07) is 0. The molecule has 0 N–H and O–H groups in total. The van der Waals surface area contributed by atoms with Gasteiger partial charge in [-0.15, -0.1) is 0 Å². The molecule has 0 spiro atoms. The third-order valence-corrected chi connectivity index (χ3v) is 3.81. The van der Waals surface area contributed by atoms with E-state index in [2.05, 4.69) is 9.72 Å². The summed E-state index contributed by atoms with van der Waals surface area (Å²) >= 11 is 0. The molecule has 0 atom stereocenters. The van der Waals surface area contributed by atoms with Crippen molar-refractivity contribution in [2.45, 2.75) is 45.7 Å². The summed E-state index contributed by atoms with van der Waals surface area (Å²) in [4.78, 5) is 40.3. The quantitative estimate of drug-likeness (QED) is 0.552. The number of imidazole rings is 1. The Morgan fingerprint density at radius 3 is 2.65 bits per heavy atom. The molecule has 0 saturated carbocycles. The molecule has 2 aromatic rings. The number of hydrogen-bond acceptors (Lipinski definition) is 5. The van der Waals surface area contributed by atoms with Crippen molar-refractivity contribution in [1.82, 2.24) is 18.7 Å². The van der Waals surface area contributed by atoms with Crippen molar-refractivity contribution in [1.29, 1.82) is 0 Å². The van der Waals surface area contributed by atoms with Crippen LogP contribution in [0.5, 0.6) is 0 Å². The van der Waals surface area contributed by atoms with Gasteiger partial charge in [-0.05, 0) is 19.3 Å². The summed E-state index contributed by atoms with van der Waals surface area (Å²) in [5.41, 5.74) is 0.135. The number of aryl methyl sites for hydroxylation is 2. The average Bonchev–Trinajstić information content (AvgIpc) is 2.96. The fourth-order valence-electron chi connectivity index (χ4n) is 2.57. The largest absolute Gasteiger partial charge is 0.469 e. The fraction of sp³-hybridized carbons (Fsp3) is 0.600. The Bertz CT molecular complexity index is 815. The first-order valence-electron chi connectivity index (χ1n) is 7.72. The van der Waals surface area contributed by atoms with E-state index in [1.54, 1.807) is 17.9 Å². The van der Waals surface area contributed by atoms with E-state index >= 15 is 0 Å². The number of esters is 1. The first-order valence-corrected chi connectivity index (χ1v) is 7.72. The number of ether oxygens (including phenoxy) is 1. The second-order valence-corrected chi connectivity index (χ2v) is 5.44. The van der Waals surface area contributed by atoms with Gasteiger partial charge in [0.05, 0.1) is 13.4 Å². The van der Waals surface area contributed by atoms with Gasteiger partial charge < -0.3 is 9.30 Å². The molecule has 0 bridgehead atoms. The maximum atomic E-state index is 12.6. The summed E-state index contributed by atoms with van der Waals surface area (Å²) in [7, 11) is 2.95. The summed E-state index contributed by atoms with van der Waals surface area (Å²) < 4.78 is 8.96. The van der Waals surface area contributed by atoms with Gasteiger partial charge in [0.15, 0.2) is 11.2 Å². The second-order valence-electron chi connectivity index (χ2n) is 5.44. The van der Waals surface area contributed by atoms with Crippen LogP contribution in [0, 0.1) is 0 Å². The third-order valence-electron chi connectivity index (χ3n) is 3.81. The number of methoxy groups -OCH3 is 1. The zero-order valence-corrected chi connectivity index (χ0v) is 13.7. The number of hydrogen-bond donors (Lipinski definition) is 0. The van der Waals surface area contributed by atoms with E-state index in [-0.39, 0.29) is 30.2 Å². The summed E-state index contributed by atoms with van der Waals surface area (Å²) in [5, 5.41) is 0. The van der Waals surface area contributed by atoms with Gasteiger partial charge in [-0.2, -0.15) is 0 Å². The zero-order chi connectivity index (χ0) is 17.0. The lowest BCUT2D eigenvalue weighted by atomic mass is 10.2. The van der Waals surface area contributed by atoms with Crippen LogP contribution in [-0.2, 0) is 29.7 Å². The molecule has 2 aromatic heterocycles. The highest BCUT2D eigenvalue weighted by molar-refractivity contribution is 5.70. The number of unbranched alkanes of at least 4 members (excludes halogenated alkanes) is 1. The van der Waals surface area contributed by atoms with Gasteiger partial charge >= 0.3 is 11.7 Å². The molecule has 126 valence electrons. The molecule has 23 heavy (non-hydrogen) atoms. The van der Waals surface area contributed by atoms with Gasteiger partial charge in [0.25, 0.3) is 5.56 Å². The smallest absolute Gasteiger partial charge is 0.332 e. The molecule has 0 amide bonds. The minimum Gasteiger partial charge on any atom is -0.469 e. The molecule has 8 heteroatoms. The number of carbonyl (C=O) groups excluding carboxylic acids is 1. The molecule has 0 saturated heterocycles. The van der Waals surface area contributed by atoms with Gasteiger partial charge in [0, 0.05) is 26.6 Å². The SMILES string of the molecule is CCCn1cnc2c1c(=O)n(CCCCC(=O)OC)c(=O)n2C. The molecule has 8 nitrogen and oxygen atoms in total. The van der Waals surface area contributed by atoms with Crippen LogP contribution in [0.4, 0.5) is 0 Å². The van der Waals surface area contributed by atoms with Crippen LogP contribution in [0.25, 0.3) is 11.2 Å². The predicted octanol–water partition coefficient (Wildman–Crippen LogP) is 0.650. The molecule has 2 rings (SSSR count). The molecule has 2 heterocycles. The van der Waals surface area contributed by atoms with Crippen molar-refractivity contribution < 1.29 is 9.53 Å². The highest BCUT2D eigenvalue weighted by Crippen LogP contribution is 2.07. The van der Waals surface area contributed by atoms with Crippen molar-refractivity contribution in [3.8, 4) is 0 Å². The van der Waals surface area contributed by atoms with E-state index < -0.39 is 0 Å². The molecule has 0 aliphatic heterocycles. The normalized spacial score (nSPS) is 11.1. The van der Waals surface area contributed by atoms with Gasteiger partial charge in [-0.25, -0.2) is 9.78 Å². The van der Waals surface area contributed by atoms with E-state index in [9.17, 15) is 14.4 Å². The van der Waals surface area contributed by atoms with Crippen molar-refractivity contribution >= 4 is 17.1 Å². The Labute approximate surface area is 133 Å². The third kappa shape index (κ3) is 3.35. The van der Waals surface area contributed by atoms with E-state index in [4.69, 9.17) is 0 Å². The van der Waals surface area contributed by atoms with Gasteiger partial charge in [0.2, 0.25) is 0 Å². The first kappa shape index (κ1) is 17.0. The Hall–Kier alpha value is -2.38. The predicted molar refractivity (Wildman–Crippen MR) is 85.4 cm³/mol. The van der Waals surface area contributed by atoms with E-state index in [1.807, 2.05) is 6.92 Å². The number of aromatic nitrogens is 4. The lowest BCUT2D eigenvalue weighted by molar-refractivity contribution is -0.140. The van der Waals surface area contributed by atoms with Crippen LogP contribution in [0.2, 0.25) is 0 Å². The molecule has 0 unspecified atom stereocenters. The van der Waals surface area contributed by atoms with Crippen molar-refractivity contribution in [3.63, 3.8) is 0 Å². The van der Waals surface area contributed by atoms with Crippen LogP contribution < -0.4 is 11.2 Å². The van der Waals surface area contributed by atoms with Gasteiger partial charge in [-0.3, -0.25) is 18.7 Å². The van der Waals surface area contributed by atoms with Crippen LogP contribution in [0.15, 0.2) is 15.9 Å². The number of carbonyl (C=O) groups is 1. The molecule has 0 radical (unpaired) electrons. The lowest BCUT2D eigenvalue weighted by Gasteiger charge is -2.09.